The number of nitrogens with zero attached hydrogens (tertiary/aromatic N) is 2. The van der Waals surface area contributed by atoms with Crippen molar-refractivity contribution in [2.75, 3.05) is 12.8 Å². The summed E-state index contributed by atoms with van der Waals surface area (Å²) in [6.07, 6.45) is 5.02. The lowest BCUT2D eigenvalue weighted by molar-refractivity contribution is -0.184. The lowest BCUT2D eigenvalue weighted by atomic mass is 10.4. The molecule has 1 aromatic heterocycles. The molecule has 0 fully saturated rings. The van der Waals surface area contributed by atoms with Crippen LogP contribution in [0.25, 0.3) is 0 Å². The summed E-state index contributed by atoms with van der Waals surface area (Å²) in [5.74, 6) is 0.181. The minimum atomic E-state index is -0.422. The molecule has 0 aliphatic carbocycles. The largest absolute Gasteiger partial charge is 0.339 e. The normalized spacial score (nSPS) is 8.67. The molecule has 0 aliphatic rings. The molecule has 1 amide bonds. The Kier molecular flexibility index (Phi) is 20.1. The number of hydroxylamine groups is 2. The highest BCUT2D eigenvalue weighted by Crippen LogP contribution is 2.29. The number of carbonyl (C=O) groups is 3. The molecule has 1 aromatic rings. The number of unbranched alkanes of at least 4 members (excludes halogenated alkanes) is 1. The molecular weight excluding hydrogens is 348 g/mol. The molecule has 0 unspecified atom stereocenters. The second kappa shape index (κ2) is 19.5. The van der Waals surface area contributed by atoms with E-state index in [1.165, 1.54) is 28.6 Å². The molecule has 0 aliphatic heterocycles. The maximum absolute atomic E-state index is 11.2. The van der Waals surface area contributed by atoms with Crippen LogP contribution in [0, 0.1) is 0 Å². The summed E-state index contributed by atoms with van der Waals surface area (Å²) in [6, 6.07) is 5.65. The highest BCUT2D eigenvalue weighted by Gasteiger charge is 2.06. The first-order valence-corrected chi connectivity index (χ1v) is 9.99. The molecule has 1 heterocycles. The van der Waals surface area contributed by atoms with E-state index in [1.54, 1.807) is 6.20 Å². The van der Waals surface area contributed by atoms with Crippen molar-refractivity contribution in [3.8, 4) is 0 Å². The fourth-order valence-corrected chi connectivity index (χ4v) is 2.82. The second-order valence-electron chi connectivity index (χ2n) is 3.89. The Morgan fingerprint density at radius 2 is 2.04 bits per heavy atom. The van der Waals surface area contributed by atoms with Gasteiger partial charge in [0.2, 0.25) is 6.41 Å². The average Bonchev–Trinajstić information content (AvgIpc) is 2.62. The van der Waals surface area contributed by atoms with Gasteiger partial charge >= 0.3 is 5.97 Å². The van der Waals surface area contributed by atoms with Crippen LogP contribution in [0.1, 0.15) is 40.0 Å². The maximum atomic E-state index is 11.2. The van der Waals surface area contributed by atoms with Crippen LogP contribution in [0.2, 0.25) is 0 Å². The van der Waals surface area contributed by atoms with Gasteiger partial charge in [-0.25, -0.2) is 9.78 Å². The monoisotopic (exact) mass is 374 g/mol. The Hall–Kier alpha value is -1.54. The summed E-state index contributed by atoms with van der Waals surface area (Å²) in [5.41, 5.74) is 0. The molecule has 0 saturated heterocycles. The summed E-state index contributed by atoms with van der Waals surface area (Å²) in [4.78, 5) is 39.5. The van der Waals surface area contributed by atoms with Crippen LogP contribution in [-0.4, -0.2) is 41.5 Å². The first kappa shape index (κ1) is 24.7. The van der Waals surface area contributed by atoms with Gasteiger partial charge in [0.05, 0.1) is 6.42 Å². The van der Waals surface area contributed by atoms with Gasteiger partial charge in [0, 0.05) is 25.4 Å². The number of pyridine rings is 1. The van der Waals surface area contributed by atoms with Gasteiger partial charge in [0.1, 0.15) is 11.3 Å². The molecule has 0 atom stereocenters. The maximum Gasteiger partial charge on any atom is 0.333 e. The van der Waals surface area contributed by atoms with E-state index in [4.69, 9.17) is 0 Å². The zero-order chi connectivity index (χ0) is 18.6. The van der Waals surface area contributed by atoms with E-state index in [0.717, 1.165) is 22.8 Å². The topological polar surface area (TPSA) is 76.6 Å². The Balaban J connectivity index is 0. The van der Waals surface area contributed by atoms with Crippen molar-refractivity contribution in [3.63, 3.8) is 0 Å². The van der Waals surface area contributed by atoms with E-state index >= 15 is 0 Å². The molecule has 0 N–H and O–H groups in total. The highest BCUT2D eigenvalue weighted by atomic mass is 33.1. The van der Waals surface area contributed by atoms with Crippen LogP contribution in [0.3, 0.4) is 0 Å². The predicted molar refractivity (Wildman–Crippen MR) is 99.4 cm³/mol. The Morgan fingerprint density at radius 1 is 1.33 bits per heavy atom. The zero-order valence-electron chi connectivity index (χ0n) is 14.6. The number of rotatable bonds is 9. The fourth-order valence-electron chi connectivity index (χ4n) is 0.969. The molecule has 1 rings (SSSR count). The summed E-state index contributed by atoms with van der Waals surface area (Å²) >= 11 is 0. The smallest absolute Gasteiger partial charge is 0.333 e. The van der Waals surface area contributed by atoms with Crippen molar-refractivity contribution in [2.45, 2.75) is 45.1 Å². The molecule has 0 bridgehead atoms. The van der Waals surface area contributed by atoms with Gasteiger partial charge in [-0.15, -0.1) is 0 Å². The van der Waals surface area contributed by atoms with E-state index < -0.39 is 5.97 Å². The van der Waals surface area contributed by atoms with Crippen LogP contribution in [0.15, 0.2) is 29.4 Å². The molecule has 24 heavy (non-hydrogen) atoms. The molecular formula is C16H26N2O4S2. The SMILES string of the molecule is CC.CCCC=O.CN(C=O)OC(=O)CCSSc1ccccn1. The number of aromatic nitrogens is 1. The first-order valence-electron chi connectivity index (χ1n) is 7.67. The fraction of sp³-hybridized carbons (Fsp3) is 0.500. The van der Waals surface area contributed by atoms with Crippen molar-refractivity contribution >= 4 is 40.3 Å². The number of hydrogen-bond donors (Lipinski definition) is 0. The minimum Gasteiger partial charge on any atom is -0.339 e. The standard InChI is InChI=1S/C10H12N2O3S2.C4H8O.C2H6/c1-12(8-13)15-10(14)5-7-16-17-9-4-2-3-6-11-9;1-2-3-4-5;1-2/h2-4,6,8H,5,7H2,1H3;4H,2-3H2,1H3;1-2H3. The van der Waals surface area contributed by atoms with Gasteiger partial charge in [-0.05, 0) is 29.3 Å². The Bertz CT molecular complexity index is 433. The zero-order valence-corrected chi connectivity index (χ0v) is 16.3. The summed E-state index contributed by atoms with van der Waals surface area (Å²) in [7, 11) is 4.39. The van der Waals surface area contributed by atoms with Crippen LogP contribution >= 0.6 is 21.6 Å². The summed E-state index contributed by atoms with van der Waals surface area (Å²) in [6.45, 7) is 5.98. The molecule has 0 aromatic carbocycles. The van der Waals surface area contributed by atoms with E-state index in [1.807, 2.05) is 39.0 Å². The van der Waals surface area contributed by atoms with Crippen LogP contribution in [0.5, 0.6) is 0 Å². The summed E-state index contributed by atoms with van der Waals surface area (Å²) < 4.78 is 0. The van der Waals surface area contributed by atoms with Crippen molar-refractivity contribution in [1.29, 1.82) is 0 Å². The average molecular weight is 375 g/mol. The number of amides is 1. The van der Waals surface area contributed by atoms with Gasteiger partial charge in [0.15, 0.2) is 0 Å². The minimum absolute atomic E-state index is 0.253. The van der Waals surface area contributed by atoms with Crippen LogP contribution in [0.4, 0.5) is 0 Å². The molecule has 0 spiro atoms. The third-order valence-electron chi connectivity index (χ3n) is 1.97. The third kappa shape index (κ3) is 16.8. The highest BCUT2D eigenvalue weighted by molar-refractivity contribution is 8.76. The Morgan fingerprint density at radius 3 is 2.50 bits per heavy atom. The van der Waals surface area contributed by atoms with E-state index in [2.05, 4.69) is 9.82 Å². The second-order valence-corrected chi connectivity index (χ2v) is 6.33. The number of aldehydes is 1. The first-order chi connectivity index (χ1) is 11.6. The quantitative estimate of drug-likeness (QED) is 0.282. The number of hydrogen-bond acceptors (Lipinski definition) is 7. The van der Waals surface area contributed by atoms with E-state index in [9.17, 15) is 14.4 Å². The van der Waals surface area contributed by atoms with Crippen molar-refractivity contribution in [1.82, 2.24) is 10.0 Å². The predicted octanol–water partition coefficient (Wildman–Crippen LogP) is 3.77. The number of carbonyl (C=O) groups excluding carboxylic acids is 3. The van der Waals surface area contributed by atoms with Gasteiger partial charge in [-0.2, -0.15) is 5.06 Å². The summed E-state index contributed by atoms with van der Waals surface area (Å²) in [5, 5.41) is 1.75. The lowest BCUT2D eigenvalue weighted by Crippen LogP contribution is -2.21. The molecule has 0 radical (unpaired) electrons. The van der Waals surface area contributed by atoms with Crippen molar-refractivity contribution in [2.24, 2.45) is 0 Å². The lowest BCUT2D eigenvalue weighted by Gasteiger charge is -2.09. The molecule has 0 saturated carbocycles. The Labute approximate surface area is 152 Å². The molecule has 136 valence electrons. The van der Waals surface area contributed by atoms with Crippen LogP contribution in [-0.2, 0) is 19.2 Å². The van der Waals surface area contributed by atoms with Crippen molar-refractivity contribution < 1.29 is 19.2 Å². The van der Waals surface area contributed by atoms with Gasteiger partial charge < -0.3 is 9.63 Å². The van der Waals surface area contributed by atoms with Gasteiger partial charge in [0.25, 0.3) is 0 Å². The van der Waals surface area contributed by atoms with E-state index in [-0.39, 0.29) is 6.42 Å². The third-order valence-corrected chi connectivity index (χ3v) is 4.24. The van der Waals surface area contributed by atoms with E-state index in [0.29, 0.717) is 18.6 Å². The van der Waals surface area contributed by atoms with Crippen LogP contribution < -0.4 is 0 Å². The molecule has 6 nitrogen and oxygen atoms in total. The van der Waals surface area contributed by atoms with Gasteiger partial charge in [-0.1, -0.05) is 37.6 Å². The van der Waals surface area contributed by atoms with Gasteiger partial charge in [-0.3, -0.25) is 4.79 Å². The molecule has 8 heteroatoms. The van der Waals surface area contributed by atoms with Crippen molar-refractivity contribution in [3.05, 3.63) is 24.4 Å².